The Kier molecular flexibility index (Phi) is 4.24. The summed E-state index contributed by atoms with van der Waals surface area (Å²) in [5, 5.41) is 13.5. The molecule has 3 heterocycles. The van der Waals surface area contributed by atoms with Gasteiger partial charge in [0.2, 0.25) is 0 Å². The fraction of sp³-hybridized carbons (Fsp3) is 0.276. The quantitative estimate of drug-likeness (QED) is 0.404. The molecule has 2 aliphatic heterocycles. The van der Waals surface area contributed by atoms with E-state index in [1.54, 1.807) is 0 Å². The Balaban J connectivity index is 1.21. The van der Waals surface area contributed by atoms with Gasteiger partial charge in [-0.05, 0) is 58.5 Å². The Hall–Kier alpha value is -3.39. The van der Waals surface area contributed by atoms with Crippen LogP contribution >= 0.6 is 0 Å². The lowest BCUT2D eigenvalue weighted by atomic mass is 9.96. The second kappa shape index (κ2) is 7.31. The van der Waals surface area contributed by atoms with Crippen molar-refractivity contribution < 1.29 is 4.74 Å². The molecule has 4 aromatic rings. The van der Waals surface area contributed by atoms with Gasteiger partial charge in [0.25, 0.3) is 0 Å². The third kappa shape index (κ3) is 3.12. The SMILES string of the molecule is N#Cc1ccc2c(c1)c(C1=CCN(C3Cc4cccc5cccc3c45)CC1)cn2CC1CO1. The number of benzene rings is 3. The highest BCUT2D eigenvalue weighted by Crippen LogP contribution is 2.42. The van der Waals surface area contributed by atoms with E-state index in [0.717, 1.165) is 44.6 Å². The van der Waals surface area contributed by atoms with Crippen LogP contribution < -0.4 is 0 Å². The van der Waals surface area contributed by atoms with E-state index in [4.69, 9.17) is 4.74 Å². The first-order chi connectivity index (χ1) is 16.3. The number of hydrogen-bond acceptors (Lipinski definition) is 3. The maximum absolute atomic E-state index is 9.46. The van der Waals surface area contributed by atoms with Crippen LogP contribution in [0.3, 0.4) is 0 Å². The van der Waals surface area contributed by atoms with E-state index in [-0.39, 0.29) is 0 Å². The summed E-state index contributed by atoms with van der Waals surface area (Å²) in [5.41, 5.74) is 7.56. The minimum atomic E-state index is 0.326. The summed E-state index contributed by atoms with van der Waals surface area (Å²) in [7, 11) is 0. The molecule has 1 fully saturated rings. The van der Waals surface area contributed by atoms with Crippen molar-refractivity contribution in [2.45, 2.75) is 31.5 Å². The molecule has 162 valence electrons. The van der Waals surface area contributed by atoms with E-state index in [1.165, 1.54) is 43.9 Å². The first kappa shape index (κ1) is 19.1. The Labute approximate surface area is 193 Å². The van der Waals surface area contributed by atoms with E-state index in [1.807, 2.05) is 6.07 Å². The molecule has 0 bridgehead atoms. The van der Waals surface area contributed by atoms with Gasteiger partial charge in [-0.2, -0.15) is 5.26 Å². The van der Waals surface area contributed by atoms with Gasteiger partial charge in [0.05, 0.1) is 30.9 Å². The van der Waals surface area contributed by atoms with Gasteiger partial charge in [-0.15, -0.1) is 0 Å². The van der Waals surface area contributed by atoms with E-state index in [9.17, 15) is 5.26 Å². The van der Waals surface area contributed by atoms with Gasteiger partial charge in [-0.3, -0.25) is 4.90 Å². The summed E-state index contributed by atoms with van der Waals surface area (Å²) >= 11 is 0. The molecule has 3 aliphatic rings. The molecule has 3 aromatic carbocycles. The van der Waals surface area contributed by atoms with Gasteiger partial charge in [0.1, 0.15) is 0 Å². The highest BCUT2D eigenvalue weighted by Gasteiger charge is 2.31. The van der Waals surface area contributed by atoms with Crippen LogP contribution in [0.2, 0.25) is 0 Å². The minimum absolute atomic E-state index is 0.326. The summed E-state index contributed by atoms with van der Waals surface area (Å²) in [6.07, 6.45) is 7.15. The molecular weight excluding hydrogens is 406 g/mol. The predicted molar refractivity (Wildman–Crippen MR) is 131 cm³/mol. The second-order valence-corrected chi connectivity index (χ2v) is 9.55. The van der Waals surface area contributed by atoms with Crippen molar-refractivity contribution in [3.8, 4) is 6.07 Å². The standard InChI is InChI=1S/C29H25N3O/c30-15-19-7-8-27-25(13-19)26(17-32(27)16-23-18-33-23)20-9-11-31(12-10-20)28-14-22-5-1-3-21-4-2-6-24(28)29(21)22/h1-9,13,17,23,28H,10-12,14,16,18H2. The molecule has 0 saturated carbocycles. The average Bonchev–Trinajstić information content (AvgIpc) is 3.50. The van der Waals surface area contributed by atoms with Crippen LogP contribution in [-0.4, -0.2) is 35.3 Å². The highest BCUT2D eigenvalue weighted by atomic mass is 16.6. The zero-order valence-corrected chi connectivity index (χ0v) is 18.5. The van der Waals surface area contributed by atoms with E-state index in [0.29, 0.717) is 12.1 Å². The van der Waals surface area contributed by atoms with Gasteiger partial charge in [-0.1, -0.05) is 42.5 Å². The van der Waals surface area contributed by atoms with Crippen molar-refractivity contribution >= 4 is 27.2 Å². The zero-order valence-electron chi connectivity index (χ0n) is 18.5. The first-order valence-electron chi connectivity index (χ1n) is 11.9. The van der Waals surface area contributed by atoms with Crippen LogP contribution in [0.1, 0.15) is 34.7 Å². The van der Waals surface area contributed by atoms with Gasteiger partial charge < -0.3 is 9.30 Å². The van der Waals surface area contributed by atoms with Crippen LogP contribution in [0.5, 0.6) is 0 Å². The van der Waals surface area contributed by atoms with Gasteiger partial charge >= 0.3 is 0 Å². The normalized spacial score (nSPS) is 22.0. The number of nitriles is 1. The summed E-state index contributed by atoms with van der Waals surface area (Å²) in [6, 6.07) is 22.3. The van der Waals surface area contributed by atoms with Crippen LogP contribution in [0, 0.1) is 11.3 Å². The molecule has 4 nitrogen and oxygen atoms in total. The Morgan fingerprint density at radius 1 is 1.09 bits per heavy atom. The van der Waals surface area contributed by atoms with Crippen molar-refractivity contribution in [1.82, 2.24) is 9.47 Å². The van der Waals surface area contributed by atoms with E-state index < -0.39 is 0 Å². The summed E-state index contributed by atoms with van der Waals surface area (Å²) in [4.78, 5) is 2.64. The first-order valence-corrected chi connectivity index (χ1v) is 11.9. The van der Waals surface area contributed by atoms with Crippen molar-refractivity contribution in [1.29, 1.82) is 5.26 Å². The smallest absolute Gasteiger partial charge is 0.0991 e. The molecule has 2 unspecified atom stereocenters. The molecule has 0 spiro atoms. The van der Waals surface area contributed by atoms with E-state index >= 15 is 0 Å². The molecule has 4 heteroatoms. The monoisotopic (exact) mass is 431 g/mol. The summed E-state index contributed by atoms with van der Waals surface area (Å²) in [5.74, 6) is 0. The lowest BCUT2D eigenvalue weighted by Crippen LogP contribution is -2.32. The number of epoxide rings is 1. The molecule has 1 aromatic heterocycles. The van der Waals surface area contributed by atoms with Crippen molar-refractivity contribution in [3.05, 3.63) is 89.1 Å². The average molecular weight is 432 g/mol. The Morgan fingerprint density at radius 3 is 2.76 bits per heavy atom. The maximum Gasteiger partial charge on any atom is 0.0991 e. The third-order valence-electron chi connectivity index (χ3n) is 7.64. The largest absolute Gasteiger partial charge is 0.371 e. The zero-order chi connectivity index (χ0) is 21.9. The molecule has 2 atom stereocenters. The highest BCUT2D eigenvalue weighted by molar-refractivity contribution is 5.94. The third-order valence-corrected chi connectivity index (χ3v) is 7.64. The summed E-state index contributed by atoms with van der Waals surface area (Å²) < 4.78 is 7.80. The number of fused-ring (bicyclic) bond motifs is 1. The number of rotatable bonds is 4. The van der Waals surface area contributed by atoms with Crippen molar-refractivity contribution in [3.63, 3.8) is 0 Å². The Morgan fingerprint density at radius 2 is 1.97 bits per heavy atom. The molecule has 0 radical (unpaired) electrons. The molecule has 0 N–H and O–H groups in total. The van der Waals surface area contributed by atoms with E-state index in [2.05, 4.69) is 76.3 Å². The number of aromatic nitrogens is 1. The maximum atomic E-state index is 9.46. The summed E-state index contributed by atoms with van der Waals surface area (Å²) in [6.45, 7) is 3.74. The van der Waals surface area contributed by atoms with Gasteiger partial charge in [0, 0.05) is 41.8 Å². The van der Waals surface area contributed by atoms with Gasteiger partial charge in [0.15, 0.2) is 0 Å². The van der Waals surface area contributed by atoms with Gasteiger partial charge in [-0.25, -0.2) is 0 Å². The molecular formula is C29H25N3O. The van der Waals surface area contributed by atoms with Crippen LogP contribution in [0.15, 0.2) is 66.9 Å². The van der Waals surface area contributed by atoms with Crippen LogP contribution in [0.25, 0.3) is 27.2 Å². The second-order valence-electron chi connectivity index (χ2n) is 9.55. The number of nitrogens with zero attached hydrogens (tertiary/aromatic N) is 3. The lowest BCUT2D eigenvalue weighted by Gasteiger charge is -2.32. The molecule has 7 rings (SSSR count). The molecule has 0 amide bonds. The predicted octanol–water partition coefficient (Wildman–Crippen LogP) is 5.45. The molecule has 1 aliphatic carbocycles. The van der Waals surface area contributed by atoms with Crippen molar-refractivity contribution in [2.24, 2.45) is 0 Å². The fourth-order valence-electron chi connectivity index (χ4n) is 5.92. The van der Waals surface area contributed by atoms with Crippen molar-refractivity contribution in [2.75, 3.05) is 19.7 Å². The minimum Gasteiger partial charge on any atom is -0.371 e. The number of ether oxygens (including phenoxy) is 1. The van der Waals surface area contributed by atoms with Crippen LogP contribution in [0.4, 0.5) is 0 Å². The van der Waals surface area contributed by atoms with Crippen LogP contribution in [-0.2, 0) is 17.7 Å². The Bertz CT molecular complexity index is 1480. The number of hydrogen-bond donors (Lipinski definition) is 0. The molecule has 1 saturated heterocycles. The lowest BCUT2D eigenvalue weighted by molar-refractivity contribution is 0.222. The fourth-order valence-corrected chi connectivity index (χ4v) is 5.92. The molecule has 33 heavy (non-hydrogen) atoms. The topological polar surface area (TPSA) is 44.5 Å².